The molecule has 0 radical (unpaired) electrons. The van der Waals surface area contributed by atoms with Crippen LogP contribution in [0.1, 0.15) is 23.3 Å². The van der Waals surface area contributed by atoms with Crippen LogP contribution in [0.3, 0.4) is 0 Å². The summed E-state index contributed by atoms with van der Waals surface area (Å²) >= 11 is 0. The number of hydrogen-bond donors (Lipinski definition) is 1. The molecule has 20 heavy (non-hydrogen) atoms. The number of nitrogens with zero attached hydrogens (tertiary/aromatic N) is 3. The van der Waals surface area contributed by atoms with Gasteiger partial charge in [0.25, 0.3) is 5.91 Å². The van der Waals surface area contributed by atoms with Gasteiger partial charge in [-0.15, -0.1) is 0 Å². The molecule has 2 heterocycles. The maximum Gasteiger partial charge on any atom is 0.272 e. The fraction of sp³-hybridized carbons (Fsp3) is 0.333. The molecule has 0 unspecified atom stereocenters. The van der Waals surface area contributed by atoms with E-state index in [4.69, 9.17) is 0 Å². The molecule has 1 atom stereocenters. The molecule has 0 bridgehead atoms. The van der Waals surface area contributed by atoms with E-state index < -0.39 is 6.10 Å². The molecule has 1 amide bonds. The molecule has 0 spiro atoms. The second-order valence-corrected chi connectivity index (χ2v) is 5.03. The van der Waals surface area contributed by atoms with Crippen molar-refractivity contribution in [3.63, 3.8) is 0 Å². The van der Waals surface area contributed by atoms with Crippen LogP contribution in [0.2, 0.25) is 0 Å². The van der Waals surface area contributed by atoms with E-state index in [9.17, 15) is 9.90 Å². The van der Waals surface area contributed by atoms with E-state index in [2.05, 4.69) is 4.98 Å². The lowest BCUT2D eigenvalue weighted by Crippen LogP contribution is -2.42. The Morgan fingerprint density at radius 3 is 2.85 bits per heavy atom. The molecule has 1 fully saturated rings. The number of benzene rings is 1. The second-order valence-electron chi connectivity index (χ2n) is 5.03. The normalized spacial score (nSPS) is 19.1. The lowest BCUT2D eigenvalue weighted by molar-refractivity contribution is 0.0467. The third-order valence-corrected chi connectivity index (χ3v) is 3.58. The number of carbonyl (C=O) groups excluding carboxylic acids is 1. The third kappa shape index (κ3) is 2.44. The molecule has 1 saturated heterocycles. The molecular formula is C15H17N3O2. The summed E-state index contributed by atoms with van der Waals surface area (Å²) in [5.74, 6) is -0.0786. The first-order valence-electron chi connectivity index (χ1n) is 6.81. The Morgan fingerprint density at radius 2 is 2.10 bits per heavy atom. The van der Waals surface area contributed by atoms with Gasteiger partial charge in [0.2, 0.25) is 0 Å². The van der Waals surface area contributed by atoms with E-state index in [1.165, 1.54) is 0 Å². The van der Waals surface area contributed by atoms with Crippen molar-refractivity contribution in [2.45, 2.75) is 18.9 Å². The SMILES string of the molecule is O=C(c1cncn1-c1ccccc1)N1CCC[C@H](O)C1. The molecule has 1 aliphatic rings. The lowest BCUT2D eigenvalue weighted by atomic mass is 10.1. The van der Waals surface area contributed by atoms with Crippen LogP contribution >= 0.6 is 0 Å². The molecule has 5 nitrogen and oxygen atoms in total. The number of aromatic nitrogens is 2. The number of hydrogen-bond acceptors (Lipinski definition) is 3. The number of carbonyl (C=O) groups is 1. The summed E-state index contributed by atoms with van der Waals surface area (Å²) in [5.41, 5.74) is 1.44. The highest BCUT2D eigenvalue weighted by Gasteiger charge is 2.25. The van der Waals surface area contributed by atoms with Gasteiger partial charge in [-0.2, -0.15) is 0 Å². The number of likely N-dealkylation sites (tertiary alicyclic amines) is 1. The minimum atomic E-state index is -0.416. The Morgan fingerprint density at radius 1 is 1.30 bits per heavy atom. The number of aliphatic hydroxyl groups is 1. The van der Waals surface area contributed by atoms with E-state index in [0.717, 1.165) is 18.5 Å². The van der Waals surface area contributed by atoms with Gasteiger partial charge in [-0.05, 0) is 25.0 Å². The predicted octanol–water partition coefficient (Wildman–Crippen LogP) is 1.47. The molecule has 0 saturated carbocycles. The summed E-state index contributed by atoms with van der Waals surface area (Å²) in [6.45, 7) is 1.09. The van der Waals surface area contributed by atoms with E-state index in [0.29, 0.717) is 18.8 Å². The van der Waals surface area contributed by atoms with Gasteiger partial charge in [0.05, 0.1) is 18.6 Å². The minimum absolute atomic E-state index is 0.0786. The fourth-order valence-corrected chi connectivity index (χ4v) is 2.55. The number of β-amino-alcohol motifs (C(OH)–C–C–N with tert-alkyl or cyclic N) is 1. The largest absolute Gasteiger partial charge is 0.391 e. The molecule has 1 aromatic heterocycles. The molecule has 2 aromatic rings. The fourth-order valence-electron chi connectivity index (χ4n) is 2.55. The van der Waals surface area contributed by atoms with Crippen LogP contribution in [0, 0.1) is 0 Å². The summed E-state index contributed by atoms with van der Waals surface area (Å²) in [6, 6.07) is 9.65. The number of piperidine rings is 1. The summed E-state index contributed by atoms with van der Waals surface area (Å²) in [6.07, 6.45) is 4.41. The molecule has 1 aliphatic heterocycles. The highest BCUT2D eigenvalue weighted by molar-refractivity contribution is 5.93. The minimum Gasteiger partial charge on any atom is -0.391 e. The first-order valence-corrected chi connectivity index (χ1v) is 6.81. The van der Waals surface area contributed by atoms with E-state index >= 15 is 0 Å². The van der Waals surface area contributed by atoms with Crippen LogP contribution in [-0.2, 0) is 0 Å². The monoisotopic (exact) mass is 271 g/mol. The van der Waals surface area contributed by atoms with E-state index in [1.807, 2.05) is 30.3 Å². The first kappa shape index (κ1) is 12.9. The lowest BCUT2D eigenvalue weighted by Gasteiger charge is -2.30. The van der Waals surface area contributed by atoms with Crippen molar-refractivity contribution in [2.75, 3.05) is 13.1 Å². The van der Waals surface area contributed by atoms with Crippen molar-refractivity contribution >= 4 is 5.91 Å². The highest BCUT2D eigenvalue weighted by atomic mass is 16.3. The average molecular weight is 271 g/mol. The predicted molar refractivity (Wildman–Crippen MR) is 74.7 cm³/mol. The standard InChI is InChI=1S/C15H17N3O2/c19-13-7-4-8-17(10-13)15(20)14-9-16-11-18(14)12-5-2-1-3-6-12/h1-3,5-6,9,11,13,19H,4,7-8,10H2/t13-/m0/s1. The number of amides is 1. The van der Waals surface area contributed by atoms with Crippen molar-refractivity contribution in [1.82, 2.24) is 14.5 Å². The molecule has 3 rings (SSSR count). The zero-order chi connectivity index (χ0) is 13.9. The highest BCUT2D eigenvalue weighted by Crippen LogP contribution is 2.16. The van der Waals surface area contributed by atoms with Gasteiger partial charge in [-0.1, -0.05) is 18.2 Å². The zero-order valence-electron chi connectivity index (χ0n) is 11.1. The van der Waals surface area contributed by atoms with Crippen molar-refractivity contribution in [2.24, 2.45) is 0 Å². The number of rotatable bonds is 2. The second kappa shape index (κ2) is 5.46. The molecule has 1 aromatic carbocycles. The van der Waals surface area contributed by atoms with E-state index in [1.54, 1.807) is 22.0 Å². The van der Waals surface area contributed by atoms with Crippen molar-refractivity contribution in [1.29, 1.82) is 0 Å². The summed E-state index contributed by atoms with van der Waals surface area (Å²) < 4.78 is 1.78. The van der Waals surface area contributed by atoms with Crippen LogP contribution in [-0.4, -0.2) is 44.7 Å². The summed E-state index contributed by atoms with van der Waals surface area (Å²) in [5, 5.41) is 9.70. The first-order chi connectivity index (χ1) is 9.75. The van der Waals surface area contributed by atoms with Gasteiger partial charge in [0.1, 0.15) is 5.69 Å². The maximum absolute atomic E-state index is 12.6. The Labute approximate surface area is 117 Å². The molecule has 5 heteroatoms. The quantitative estimate of drug-likeness (QED) is 0.900. The number of para-hydroxylation sites is 1. The van der Waals surface area contributed by atoms with Crippen molar-refractivity contribution in [3.05, 3.63) is 48.5 Å². The smallest absolute Gasteiger partial charge is 0.272 e. The Hall–Kier alpha value is -2.14. The molecule has 1 N–H and O–H groups in total. The van der Waals surface area contributed by atoms with Crippen LogP contribution in [0.25, 0.3) is 5.69 Å². The Balaban J connectivity index is 1.88. The van der Waals surface area contributed by atoms with Gasteiger partial charge >= 0.3 is 0 Å². The molecular weight excluding hydrogens is 254 g/mol. The maximum atomic E-state index is 12.6. The van der Waals surface area contributed by atoms with Crippen molar-refractivity contribution < 1.29 is 9.90 Å². The Kier molecular flexibility index (Phi) is 3.52. The molecule has 0 aliphatic carbocycles. The van der Waals surface area contributed by atoms with Gasteiger partial charge in [0.15, 0.2) is 0 Å². The third-order valence-electron chi connectivity index (χ3n) is 3.58. The van der Waals surface area contributed by atoms with E-state index in [-0.39, 0.29) is 5.91 Å². The molecule has 104 valence electrons. The number of aliphatic hydroxyl groups excluding tert-OH is 1. The topological polar surface area (TPSA) is 58.4 Å². The van der Waals surface area contributed by atoms with Gasteiger partial charge in [0, 0.05) is 18.8 Å². The average Bonchev–Trinajstić information content (AvgIpc) is 2.97. The van der Waals surface area contributed by atoms with Gasteiger partial charge in [-0.25, -0.2) is 4.98 Å². The van der Waals surface area contributed by atoms with Crippen LogP contribution in [0.5, 0.6) is 0 Å². The summed E-state index contributed by atoms with van der Waals surface area (Å²) in [4.78, 5) is 18.3. The summed E-state index contributed by atoms with van der Waals surface area (Å²) in [7, 11) is 0. The van der Waals surface area contributed by atoms with Crippen LogP contribution in [0.15, 0.2) is 42.9 Å². The van der Waals surface area contributed by atoms with Crippen molar-refractivity contribution in [3.8, 4) is 5.69 Å². The van der Waals surface area contributed by atoms with Gasteiger partial charge < -0.3 is 10.0 Å². The zero-order valence-corrected chi connectivity index (χ0v) is 11.1. The van der Waals surface area contributed by atoms with Crippen LogP contribution in [0.4, 0.5) is 0 Å². The van der Waals surface area contributed by atoms with Crippen LogP contribution < -0.4 is 0 Å². The van der Waals surface area contributed by atoms with Gasteiger partial charge in [-0.3, -0.25) is 9.36 Å². The number of imidazole rings is 1. The Bertz CT molecular complexity index is 594.